The molecule has 1 heterocycles. The van der Waals surface area contributed by atoms with E-state index in [2.05, 4.69) is 16.2 Å². The number of piperidine rings is 1. The largest absolute Gasteiger partial charge is 0.317 e. The first-order chi connectivity index (χ1) is 6.20. The predicted molar refractivity (Wildman–Crippen MR) is 47.6 cm³/mol. The van der Waals surface area contributed by atoms with Crippen LogP contribution in [0, 0.1) is 5.92 Å². The van der Waals surface area contributed by atoms with Gasteiger partial charge >= 0.3 is 0 Å². The highest BCUT2D eigenvalue weighted by molar-refractivity contribution is 5.82. The lowest BCUT2D eigenvalue weighted by Crippen LogP contribution is -2.46. The molecule has 0 aromatic heterocycles. The lowest BCUT2D eigenvalue weighted by Gasteiger charge is -2.21. The Hall–Kier alpha value is -1.10. The third-order valence-electron chi connectivity index (χ3n) is 2.07. The summed E-state index contributed by atoms with van der Waals surface area (Å²) < 4.78 is 0. The Bertz CT molecular complexity index is 200. The second kappa shape index (κ2) is 4.81. The summed E-state index contributed by atoms with van der Waals surface area (Å²) in [4.78, 5) is 21.8. The Labute approximate surface area is 77.2 Å². The molecule has 0 radical (unpaired) electrons. The van der Waals surface area contributed by atoms with Crippen molar-refractivity contribution in [2.75, 3.05) is 13.1 Å². The Morgan fingerprint density at radius 3 is 2.38 bits per heavy atom. The minimum Gasteiger partial charge on any atom is -0.317 e. The van der Waals surface area contributed by atoms with E-state index in [9.17, 15) is 9.59 Å². The van der Waals surface area contributed by atoms with Crippen molar-refractivity contribution in [2.45, 2.75) is 19.8 Å². The Balaban J connectivity index is 2.25. The second-order valence-corrected chi connectivity index (χ2v) is 3.19. The summed E-state index contributed by atoms with van der Waals surface area (Å²) >= 11 is 0. The van der Waals surface area contributed by atoms with Gasteiger partial charge in [-0.05, 0) is 25.9 Å². The lowest BCUT2D eigenvalue weighted by molar-refractivity contribution is -0.131. The zero-order valence-corrected chi connectivity index (χ0v) is 7.72. The summed E-state index contributed by atoms with van der Waals surface area (Å²) in [6, 6.07) is 0. The molecule has 0 saturated carbocycles. The van der Waals surface area contributed by atoms with Gasteiger partial charge in [-0.1, -0.05) is 0 Å². The fraction of sp³-hybridized carbons (Fsp3) is 0.750. The van der Waals surface area contributed by atoms with E-state index in [1.807, 2.05) is 0 Å². The second-order valence-electron chi connectivity index (χ2n) is 3.19. The fourth-order valence-electron chi connectivity index (χ4n) is 1.34. The van der Waals surface area contributed by atoms with Gasteiger partial charge in [0.25, 0.3) is 0 Å². The van der Waals surface area contributed by atoms with Crippen molar-refractivity contribution in [3.05, 3.63) is 0 Å². The highest BCUT2D eigenvalue weighted by Crippen LogP contribution is 2.10. The molecule has 0 spiro atoms. The van der Waals surface area contributed by atoms with E-state index >= 15 is 0 Å². The summed E-state index contributed by atoms with van der Waals surface area (Å²) in [7, 11) is 0. The molecule has 74 valence electrons. The van der Waals surface area contributed by atoms with Crippen LogP contribution < -0.4 is 16.2 Å². The number of hydrogen-bond acceptors (Lipinski definition) is 3. The number of hydrazine groups is 1. The van der Waals surface area contributed by atoms with Crippen molar-refractivity contribution >= 4 is 11.8 Å². The highest BCUT2D eigenvalue weighted by atomic mass is 16.2. The van der Waals surface area contributed by atoms with Crippen LogP contribution in [-0.4, -0.2) is 24.9 Å². The molecule has 1 fully saturated rings. The first kappa shape index (κ1) is 9.98. The van der Waals surface area contributed by atoms with Gasteiger partial charge in [-0.3, -0.25) is 20.4 Å². The number of amides is 2. The molecule has 0 atom stereocenters. The zero-order chi connectivity index (χ0) is 9.68. The maximum atomic E-state index is 11.3. The summed E-state index contributed by atoms with van der Waals surface area (Å²) in [5, 5.41) is 3.17. The molecule has 1 rings (SSSR count). The first-order valence-corrected chi connectivity index (χ1v) is 4.47. The highest BCUT2D eigenvalue weighted by Gasteiger charge is 2.20. The molecular weight excluding hydrogens is 170 g/mol. The molecule has 5 heteroatoms. The normalized spacial score (nSPS) is 17.9. The molecule has 0 aromatic carbocycles. The summed E-state index contributed by atoms with van der Waals surface area (Å²) in [5.74, 6) is -0.299. The van der Waals surface area contributed by atoms with Gasteiger partial charge in [-0.15, -0.1) is 0 Å². The van der Waals surface area contributed by atoms with Crippen LogP contribution in [0.4, 0.5) is 0 Å². The summed E-state index contributed by atoms with van der Waals surface area (Å²) in [6.45, 7) is 3.11. The molecule has 0 aliphatic carbocycles. The third-order valence-corrected chi connectivity index (χ3v) is 2.07. The Morgan fingerprint density at radius 2 is 1.85 bits per heavy atom. The van der Waals surface area contributed by atoms with Gasteiger partial charge in [-0.2, -0.15) is 0 Å². The minimum atomic E-state index is -0.248. The maximum Gasteiger partial charge on any atom is 0.241 e. The summed E-state index contributed by atoms with van der Waals surface area (Å²) in [5.41, 5.74) is 4.67. The van der Waals surface area contributed by atoms with Gasteiger partial charge < -0.3 is 5.32 Å². The van der Waals surface area contributed by atoms with Crippen LogP contribution in [0.15, 0.2) is 0 Å². The molecule has 1 aliphatic rings. The van der Waals surface area contributed by atoms with Gasteiger partial charge in [0, 0.05) is 12.8 Å². The van der Waals surface area contributed by atoms with Crippen LogP contribution in [0.2, 0.25) is 0 Å². The third kappa shape index (κ3) is 3.42. The molecule has 3 N–H and O–H groups in total. The number of rotatable bonds is 1. The van der Waals surface area contributed by atoms with Crippen molar-refractivity contribution in [3.8, 4) is 0 Å². The molecule has 1 aliphatic heterocycles. The van der Waals surface area contributed by atoms with E-state index in [0.29, 0.717) is 0 Å². The molecule has 0 aromatic rings. The van der Waals surface area contributed by atoms with Crippen LogP contribution in [0.5, 0.6) is 0 Å². The molecule has 2 amide bonds. The monoisotopic (exact) mass is 185 g/mol. The number of carbonyl (C=O) groups excluding carboxylic acids is 2. The predicted octanol–water partition coefficient (Wildman–Crippen LogP) is -0.847. The number of carbonyl (C=O) groups is 2. The van der Waals surface area contributed by atoms with Gasteiger partial charge in [0.2, 0.25) is 11.8 Å². The van der Waals surface area contributed by atoms with Crippen LogP contribution >= 0.6 is 0 Å². The minimum absolute atomic E-state index is 0.0353. The van der Waals surface area contributed by atoms with E-state index in [0.717, 1.165) is 25.9 Å². The standard InChI is InChI=1S/C8H15N3O2/c1-6(12)10-11-8(13)7-2-4-9-5-3-7/h7,9H,2-5H2,1H3,(H,10,12)(H,11,13). The van der Waals surface area contributed by atoms with E-state index in [1.165, 1.54) is 6.92 Å². The zero-order valence-electron chi connectivity index (χ0n) is 7.72. The van der Waals surface area contributed by atoms with Crippen molar-refractivity contribution in [3.63, 3.8) is 0 Å². The molecule has 5 nitrogen and oxygen atoms in total. The first-order valence-electron chi connectivity index (χ1n) is 4.47. The smallest absolute Gasteiger partial charge is 0.241 e. The lowest BCUT2D eigenvalue weighted by atomic mass is 9.98. The average Bonchev–Trinajstić information content (AvgIpc) is 2.15. The fourth-order valence-corrected chi connectivity index (χ4v) is 1.34. The van der Waals surface area contributed by atoms with E-state index in [4.69, 9.17) is 0 Å². The van der Waals surface area contributed by atoms with Crippen LogP contribution in [0.3, 0.4) is 0 Å². The van der Waals surface area contributed by atoms with E-state index in [1.54, 1.807) is 0 Å². The van der Waals surface area contributed by atoms with Gasteiger partial charge in [-0.25, -0.2) is 0 Å². The SMILES string of the molecule is CC(=O)NNC(=O)C1CCNCC1. The molecule has 13 heavy (non-hydrogen) atoms. The van der Waals surface area contributed by atoms with Crippen molar-refractivity contribution < 1.29 is 9.59 Å². The van der Waals surface area contributed by atoms with Gasteiger partial charge in [0.05, 0.1) is 0 Å². The van der Waals surface area contributed by atoms with Crippen molar-refractivity contribution in [2.24, 2.45) is 5.92 Å². The molecule has 0 bridgehead atoms. The number of nitrogens with one attached hydrogen (secondary N) is 3. The van der Waals surface area contributed by atoms with Crippen LogP contribution in [0.25, 0.3) is 0 Å². The Kier molecular flexibility index (Phi) is 3.70. The molecular formula is C8H15N3O2. The Morgan fingerprint density at radius 1 is 1.23 bits per heavy atom. The van der Waals surface area contributed by atoms with Crippen molar-refractivity contribution in [1.82, 2.24) is 16.2 Å². The van der Waals surface area contributed by atoms with Crippen LogP contribution in [0.1, 0.15) is 19.8 Å². The molecule has 1 saturated heterocycles. The molecule has 0 unspecified atom stereocenters. The maximum absolute atomic E-state index is 11.3. The van der Waals surface area contributed by atoms with E-state index < -0.39 is 0 Å². The summed E-state index contributed by atoms with van der Waals surface area (Å²) in [6.07, 6.45) is 1.68. The van der Waals surface area contributed by atoms with Crippen molar-refractivity contribution in [1.29, 1.82) is 0 Å². The van der Waals surface area contributed by atoms with Crippen LogP contribution in [-0.2, 0) is 9.59 Å². The van der Waals surface area contributed by atoms with E-state index in [-0.39, 0.29) is 17.7 Å². The average molecular weight is 185 g/mol. The quantitative estimate of drug-likeness (QED) is 0.466. The number of hydrogen-bond donors (Lipinski definition) is 3. The topological polar surface area (TPSA) is 70.2 Å². The van der Waals surface area contributed by atoms with Gasteiger partial charge in [0.1, 0.15) is 0 Å². The van der Waals surface area contributed by atoms with Gasteiger partial charge in [0.15, 0.2) is 0 Å².